The van der Waals surface area contributed by atoms with Crippen LogP contribution in [-0.2, 0) is 11.2 Å². The van der Waals surface area contributed by atoms with E-state index in [9.17, 15) is 4.79 Å². The van der Waals surface area contributed by atoms with E-state index in [2.05, 4.69) is 49.4 Å². The average molecular weight is 274 g/mol. The summed E-state index contributed by atoms with van der Waals surface area (Å²) < 4.78 is 0. The third kappa shape index (κ3) is 2.04. The first kappa shape index (κ1) is 12.6. The standard InChI is InChI=1S/C20H18O/c1-13-6-7-15-11-14-4-2-3-5-17(14)18-9-8-16(21)12-20(18)19(15)10-13/h2-7,10H,8-9,11-12H2,1H3. The molecule has 104 valence electrons. The zero-order valence-corrected chi connectivity index (χ0v) is 12.3. The second-order valence-corrected chi connectivity index (χ2v) is 6.17. The summed E-state index contributed by atoms with van der Waals surface area (Å²) in [6.45, 7) is 2.13. The number of allylic oxidation sites excluding steroid dienone is 2. The Morgan fingerprint density at radius 3 is 2.52 bits per heavy atom. The van der Waals surface area contributed by atoms with Crippen LogP contribution >= 0.6 is 0 Å². The number of ketones is 1. The summed E-state index contributed by atoms with van der Waals surface area (Å²) in [4.78, 5) is 12.0. The molecule has 0 fully saturated rings. The number of carbonyl (C=O) groups is 1. The molecular formula is C20H18O. The highest BCUT2D eigenvalue weighted by molar-refractivity contribution is 6.05. The maximum atomic E-state index is 12.0. The minimum Gasteiger partial charge on any atom is -0.299 e. The molecular weight excluding hydrogens is 256 g/mol. The monoisotopic (exact) mass is 274 g/mol. The van der Waals surface area contributed by atoms with Crippen LogP contribution in [0.5, 0.6) is 0 Å². The topological polar surface area (TPSA) is 17.1 Å². The van der Waals surface area contributed by atoms with E-state index >= 15 is 0 Å². The van der Waals surface area contributed by atoms with E-state index in [-0.39, 0.29) is 0 Å². The Bertz CT molecular complexity index is 780. The Balaban J connectivity index is 2.04. The molecule has 0 aromatic heterocycles. The van der Waals surface area contributed by atoms with Crippen molar-refractivity contribution in [1.29, 1.82) is 0 Å². The van der Waals surface area contributed by atoms with Gasteiger partial charge in [-0.15, -0.1) is 0 Å². The molecule has 0 amide bonds. The fraction of sp³-hybridized carbons (Fsp3) is 0.250. The smallest absolute Gasteiger partial charge is 0.137 e. The van der Waals surface area contributed by atoms with Crippen molar-refractivity contribution in [2.45, 2.75) is 32.6 Å². The maximum absolute atomic E-state index is 12.0. The Labute approximate surface area is 125 Å². The third-order valence-corrected chi connectivity index (χ3v) is 4.71. The zero-order chi connectivity index (χ0) is 14.4. The van der Waals surface area contributed by atoms with Crippen molar-refractivity contribution in [1.82, 2.24) is 0 Å². The normalized spacial score (nSPS) is 16.9. The zero-order valence-electron chi connectivity index (χ0n) is 12.3. The lowest BCUT2D eigenvalue weighted by atomic mass is 9.83. The molecule has 0 N–H and O–H groups in total. The molecule has 2 aliphatic rings. The van der Waals surface area contributed by atoms with Crippen LogP contribution in [0, 0.1) is 6.92 Å². The number of benzene rings is 2. The third-order valence-electron chi connectivity index (χ3n) is 4.71. The van der Waals surface area contributed by atoms with Gasteiger partial charge in [-0.3, -0.25) is 4.79 Å². The van der Waals surface area contributed by atoms with Gasteiger partial charge in [0.1, 0.15) is 5.78 Å². The SMILES string of the molecule is Cc1ccc2c(c1)C1=C(CCC(=O)C1)c1ccccc1C2. The van der Waals surface area contributed by atoms with Gasteiger partial charge in [0.05, 0.1) is 0 Å². The molecule has 0 radical (unpaired) electrons. The molecule has 0 atom stereocenters. The van der Waals surface area contributed by atoms with Crippen LogP contribution in [0.15, 0.2) is 42.5 Å². The number of fused-ring (bicyclic) bond motifs is 4. The van der Waals surface area contributed by atoms with Crippen LogP contribution < -0.4 is 0 Å². The lowest BCUT2D eigenvalue weighted by molar-refractivity contribution is -0.118. The molecule has 0 unspecified atom stereocenters. The van der Waals surface area contributed by atoms with E-state index in [0.717, 1.165) is 12.8 Å². The van der Waals surface area contributed by atoms with E-state index < -0.39 is 0 Å². The van der Waals surface area contributed by atoms with Gasteiger partial charge in [-0.2, -0.15) is 0 Å². The molecule has 21 heavy (non-hydrogen) atoms. The fourth-order valence-corrected chi connectivity index (χ4v) is 3.66. The Morgan fingerprint density at radius 2 is 1.62 bits per heavy atom. The lowest BCUT2D eigenvalue weighted by Gasteiger charge is -2.20. The summed E-state index contributed by atoms with van der Waals surface area (Å²) in [5.74, 6) is 0.376. The highest BCUT2D eigenvalue weighted by atomic mass is 16.1. The molecule has 2 aromatic carbocycles. The van der Waals surface area contributed by atoms with Crippen molar-refractivity contribution in [3.8, 4) is 0 Å². The van der Waals surface area contributed by atoms with Gasteiger partial charge >= 0.3 is 0 Å². The molecule has 4 rings (SSSR count). The number of hydrogen-bond acceptors (Lipinski definition) is 1. The van der Waals surface area contributed by atoms with Crippen LogP contribution in [0.1, 0.15) is 47.1 Å². The van der Waals surface area contributed by atoms with Crippen LogP contribution in [0.4, 0.5) is 0 Å². The lowest BCUT2D eigenvalue weighted by Crippen LogP contribution is -2.08. The van der Waals surface area contributed by atoms with Crippen molar-refractivity contribution in [2.75, 3.05) is 0 Å². The largest absolute Gasteiger partial charge is 0.299 e. The first-order chi connectivity index (χ1) is 10.2. The summed E-state index contributed by atoms with van der Waals surface area (Å²) >= 11 is 0. The number of Topliss-reactive ketones (excluding diaryl/α,β-unsaturated/α-hetero) is 1. The Morgan fingerprint density at radius 1 is 0.810 bits per heavy atom. The molecule has 0 bridgehead atoms. The van der Waals surface area contributed by atoms with Crippen LogP contribution in [0.2, 0.25) is 0 Å². The second-order valence-electron chi connectivity index (χ2n) is 6.17. The molecule has 0 heterocycles. The summed E-state index contributed by atoms with van der Waals surface area (Å²) in [5.41, 5.74) is 9.34. The maximum Gasteiger partial charge on any atom is 0.137 e. The summed E-state index contributed by atoms with van der Waals surface area (Å²) in [6, 6.07) is 15.3. The van der Waals surface area contributed by atoms with Gasteiger partial charge in [0.2, 0.25) is 0 Å². The molecule has 0 saturated heterocycles. The van der Waals surface area contributed by atoms with Gasteiger partial charge in [0, 0.05) is 12.8 Å². The number of carbonyl (C=O) groups excluding carboxylic acids is 1. The van der Waals surface area contributed by atoms with E-state index in [1.165, 1.54) is 39.0 Å². The van der Waals surface area contributed by atoms with E-state index in [1.807, 2.05) is 0 Å². The highest BCUT2D eigenvalue weighted by Gasteiger charge is 2.26. The highest BCUT2D eigenvalue weighted by Crippen LogP contribution is 2.42. The van der Waals surface area contributed by atoms with Crippen molar-refractivity contribution in [3.63, 3.8) is 0 Å². The minimum atomic E-state index is 0.376. The quantitative estimate of drug-likeness (QED) is 0.688. The average Bonchev–Trinajstić information content (AvgIpc) is 2.62. The van der Waals surface area contributed by atoms with Crippen molar-refractivity contribution in [3.05, 3.63) is 70.3 Å². The van der Waals surface area contributed by atoms with Crippen LogP contribution in [0.25, 0.3) is 11.1 Å². The molecule has 0 aliphatic heterocycles. The van der Waals surface area contributed by atoms with Gasteiger partial charge in [0.25, 0.3) is 0 Å². The van der Waals surface area contributed by atoms with Crippen molar-refractivity contribution in [2.24, 2.45) is 0 Å². The Kier molecular flexibility index (Phi) is 2.81. The van der Waals surface area contributed by atoms with Crippen molar-refractivity contribution >= 4 is 16.9 Å². The van der Waals surface area contributed by atoms with Gasteiger partial charge in [-0.1, -0.05) is 48.0 Å². The van der Waals surface area contributed by atoms with Gasteiger partial charge in [-0.25, -0.2) is 0 Å². The predicted octanol–water partition coefficient (Wildman–Crippen LogP) is 4.56. The summed E-state index contributed by atoms with van der Waals surface area (Å²) in [7, 11) is 0. The van der Waals surface area contributed by atoms with Crippen LogP contribution in [-0.4, -0.2) is 5.78 Å². The predicted molar refractivity (Wildman–Crippen MR) is 86.1 cm³/mol. The molecule has 0 saturated carbocycles. The molecule has 1 heteroatoms. The second kappa shape index (κ2) is 4.70. The summed E-state index contributed by atoms with van der Waals surface area (Å²) in [5, 5.41) is 0. The first-order valence-electron chi connectivity index (χ1n) is 7.64. The number of rotatable bonds is 0. The first-order valence-corrected chi connectivity index (χ1v) is 7.64. The van der Waals surface area contributed by atoms with Gasteiger partial charge in [-0.05, 0) is 53.2 Å². The molecule has 2 aromatic rings. The Hall–Kier alpha value is -2.15. The van der Waals surface area contributed by atoms with E-state index in [1.54, 1.807) is 0 Å². The van der Waals surface area contributed by atoms with Crippen LogP contribution in [0.3, 0.4) is 0 Å². The molecule has 0 spiro atoms. The van der Waals surface area contributed by atoms with E-state index in [4.69, 9.17) is 0 Å². The number of hydrogen-bond donors (Lipinski definition) is 0. The fourth-order valence-electron chi connectivity index (χ4n) is 3.66. The summed E-state index contributed by atoms with van der Waals surface area (Å²) in [6.07, 6.45) is 3.14. The van der Waals surface area contributed by atoms with Gasteiger partial charge in [0.15, 0.2) is 0 Å². The van der Waals surface area contributed by atoms with E-state index in [0.29, 0.717) is 18.6 Å². The van der Waals surface area contributed by atoms with Crippen molar-refractivity contribution < 1.29 is 4.79 Å². The molecule has 2 aliphatic carbocycles. The van der Waals surface area contributed by atoms with Gasteiger partial charge < -0.3 is 0 Å². The minimum absolute atomic E-state index is 0.376. The molecule has 1 nitrogen and oxygen atoms in total. The number of aryl methyl sites for hydroxylation is 1.